The Morgan fingerprint density at radius 1 is 1.48 bits per heavy atom. The number of carbonyl (C=O) groups excluding carboxylic acids is 1. The third-order valence-corrected chi connectivity index (χ3v) is 2.86. The third kappa shape index (κ3) is 7.39. The monoisotopic (exact) mass is 331 g/mol. The van der Waals surface area contributed by atoms with Crippen molar-refractivity contribution in [2.24, 2.45) is 0 Å². The van der Waals surface area contributed by atoms with Gasteiger partial charge in [0.15, 0.2) is 5.11 Å². The number of nitrogens with one attached hydrogen (secondary N) is 3. The number of hydrogen-bond acceptors (Lipinski definition) is 3. The number of thiocarbonyl (C=S) groups is 1. The minimum absolute atomic E-state index is 0.232. The summed E-state index contributed by atoms with van der Waals surface area (Å²) in [6, 6.07) is 3.87. The Labute approximate surface area is 141 Å². The molecule has 0 saturated heterocycles. The molecule has 1 aromatic heterocycles. The van der Waals surface area contributed by atoms with Gasteiger partial charge in [0, 0.05) is 30.8 Å². The Hall–Kier alpha value is -2.44. The molecular formula is C17H21N3O2S. The quantitative estimate of drug-likeness (QED) is 0.408. The maximum absolute atomic E-state index is 11.6. The van der Waals surface area contributed by atoms with E-state index in [4.69, 9.17) is 17.0 Å². The fourth-order valence-electron chi connectivity index (χ4n) is 1.74. The molecule has 0 atom stereocenters. The second-order valence-corrected chi connectivity index (χ2v) is 4.98. The number of aromatic amines is 1. The van der Waals surface area contributed by atoms with Crippen LogP contribution in [-0.4, -0.2) is 29.7 Å². The van der Waals surface area contributed by atoms with Gasteiger partial charge >= 0.3 is 0 Å². The average Bonchev–Trinajstić information content (AvgIpc) is 3.00. The predicted molar refractivity (Wildman–Crippen MR) is 97.6 cm³/mol. The van der Waals surface area contributed by atoms with Crippen molar-refractivity contribution in [3.63, 3.8) is 0 Å². The van der Waals surface area contributed by atoms with Crippen molar-refractivity contribution in [2.75, 3.05) is 13.7 Å². The van der Waals surface area contributed by atoms with E-state index in [9.17, 15) is 4.79 Å². The van der Waals surface area contributed by atoms with Crippen LogP contribution in [0, 0.1) is 0 Å². The highest BCUT2D eigenvalue weighted by atomic mass is 32.1. The molecule has 1 aromatic rings. The summed E-state index contributed by atoms with van der Waals surface area (Å²) in [5.41, 5.74) is 2.70. The normalized spacial score (nSPS) is 12.3. The number of allylic oxidation sites excluding steroid dienone is 5. The topological polar surface area (TPSA) is 66.2 Å². The first-order valence-electron chi connectivity index (χ1n) is 6.99. The first kappa shape index (κ1) is 18.6. The van der Waals surface area contributed by atoms with E-state index in [1.807, 2.05) is 37.4 Å². The minimum Gasteiger partial charge on any atom is -0.381 e. The van der Waals surface area contributed by atoms with Crippen LogP contribution in [0.2, 0.25) is 0 Å². The highest BCUT2D eigenvalue weighted by molar-refractivity contribution is 7.80. The molecule has 122 valence electrons. The fraction of sp³-hybridized carbons (Fsp3) is 0.176. The summed E-state index contributed by atoms with van der Waals surface area (Å²) in [7, 11) is 1.56. The van der Waals surface area contributed by atoms with E-state index in [2.05, 4.69) is 22.2 Å². The molecule has 0 fully saturated rings. The van der Waals surface area contributed by atoms with Gasteiger partial charge in [-0.05, 0) is 42.9 Å². The van der Waals surface area contributed by atoms with Crippen molar-refractivity contribution in [3.8, 4) is 0 Å². The van der Waals surface area contributed by atoms with E-state index >= 15 is 0 Å². The standard InChI is InChI=1S/C17H21N3O2S/c1-4-7-14(15-8-5-10-18-15)12-13(2)19-17(23)20-16(21)9-6-11-22-3/h4-10,12,18H,1,11H2,2-3H3,(H2,19,20,21,23)/b9-6+,13-12+,14-7+. The summed E-state index contributed by atoms with van der Waals surface area (Å²) in [6.07, 6.45) is 10.3. The van der Waals surface area contributed by atoms with E-state index < -0.39 is 0 Å². The Kier molecular flexibility index (Phi) is 8.34. The summed E-state index contributed by atoms with van der Waals surface area (Å²) >= 11 is 5.11. The lowest BCUT2D eigenvalue weighted by Gasteiger charge is -2.09. The van der Waals surface area contributed by atoms with Crippen molar-refractivity contribution >= 4 is 28.8 Å². The second-order valence-electron chi connectivity index (χ2n) is 4.57. The average molecular weight is 331 g/mol. The largest absolute Gasteiger partial charge is 0.381 e. The molecule has 0 aliphatic carbocycles. The van der Waals surface area contributed by atoms with Crippen LogP contribution in [0.15, 0.2) is 61.0 Å². The Morgan fingerprint density at radius 2 is 2.26 bits per heavy atom. The maximum atomic E-state index is 11.6. The summed E-state index contributed by atoms with van der Waals surface area (Å²) in [6.45, 7) is 5.95. The predicted octanol–water partition coefficient (Wildman–Crippen LogP) is 2.68. The van der Waals surface area contributed by atoms with Crippen LogP contribution in [-0.2, 0) is 9.53 Å². The van der Waals surface area contributed by atoms with E-state index in [1.54, 1.807) is 19.3 Å². The van der Waals surface area contributed by atoms with Crippen molar-refractivity contribution in [3.05, 3.63) is 66.7 Å². The molecular weight excluding hydrogens is 310 g/mol. The van der Waals surface area contributed by atoms with Crippen LogP contribution in [0.25, 0.3) is 5.57 Å². The molecule has 6 heteroatoms. The zero-order valence-electron chi connectivity index (χ0n) is 13.3. The molecule has 5 nitrogen and oxygen atoms in total. The van der Waals surface area contributed by atoms with E-state index in [-0.39, 0.29) is 11.0 Å². The zero-order valence-corrected chi connectivity index (χ0v) is 14.1. The van der Waals surface area contributed by atoms with Crippen molar-refractivity contribution in [1.82, 2.24) is 15.6 Å². The molecule has 0 aromatic carbocycles. The van der Waals surface area contributed by atoms with Gasteiger partial charge in [-0.15, -0.1) is 0 Å². The van der Waals surface area contributed by atoms with E-state index in [0.717, 1.165) is 17.0 Å². The number of rotatable bonds is 7. The van der Waals surface area contributed by atoms with Gasteiger partial charge in [-0.2, -0.15) is 0 Å². The lowest BCUT2D eigenvalue weighted by Crippen LogP contribution is -2.37. The molecule has 0 aliphatic rings. The van der Waals surface area contributed by atoms with E-state index in [0.29, 0.717) is 6.61 Å². The van der Waals surface area contributed by atoms with Gasteiger partial charge in [0.1, 0.15) is 0 Å². The Morgan fingerprint density at radius 3 is 2.87 bits per heavy atom. The van der Waals surface area contributed by atoms with Crippen LogP contribution in [0.5, 0.6) is 0 Å². The van der Waals surface area contributed by atoms with Crippen molar-refractivity contribution in [2.45, 2.75) is 6.92 Å². The fourth-order valence-corrected chi connectivity index (χ4v) is 2.00. The lowest BCUT2D eigenvalue weighted by atomic mass is 10.1. The zero-order chi connectivity index (χ0) is 17.1. The van der Waals surface area contributed by atoms with Crippen molar-refractivity contribution < 1.29 is 9.53 Å². The van der Waals surface area contributed by atoms with Crippen LogP contribution in [0.3, 0.4) is 0 Å². The summed E-state index contributed by atoms with van der Waals surface area (Å²) in [5, 5.41) is 5.75. The summed E-state index contributed by atoms with van der Waals surface area (Å²) in [4.78, 5) is 14.7. The number of hydrogen-bond donors (Lipinski definition) is 3. The van der Waals surface area contributed by atoms with Crippen LogP contribution < -0.4 is 10.6 Å². The molecule has 3 N–H and O–H groups in total. The number of H-pyrrole nitrogens is 1. The molecule has 23 heavy (non-hydrogen) atoms. The number of amides is 1. The number of ether oxygens (including phenoxy) is 1. The maximum Gasteiger partial charge on any atom is 0.249 e. The van der Waals surface area contributed by atoms with Crippen LogP contribution in [0.4, 0.5) is 0 Å². The van der Waals surface area contributed by atoms with Crippen LogP contribution >= 0.6 is 12.2 Å². The van der Waals surface area contributed by atoms with Gasteiger partial charge in [-0.3, -0.25) is 10.1 Å². The van der Waals surface area contributed by atoms with Gasteiger partial charge in [-0.25, -0.2) is 0 Å². The lowest BCUT2D eigenvalue weighted by molar-refractivity contribution is -0.115. The summed E-state index contributed by atoms with van der Waals surface area (Å²) < 4.78 is 4.82. The molecule has 1 amide bonds. The number of carbonyl (C=O) groups is 1. The highest BCUT2D eigenvalue weighted by Gasteiger charge is 2.03. The molecule has 1 rings (SSSR count). The molecule has 0 spiro atoms. The van der Waals surface area contributed by atoms with Gasteiger partial charge in [0.25, 0.3) is 0 Å². The first-order valence-corrected chi connectivity index (χ1v) is 7.40. The first-order chi connectivity index (χ1) is 11.1. The number of methoxy groups -OCH3 is 1. The van der Waals surface area contributed by atoms with Gasteiger partial charge in [-0.1, -0.05) is 24.8 Å². The molecule has 1 heterocycles. The molecule has 0 bridgehead atoms. The molecule has 0 saturated carbocycles. The SMILES string of the molecule is C=C/C=C(\C=C(/C)NC(=S)NC(=O)/C=C/COC)c1ccc[nH]1. The van der Waals surface area contributed by atoms with Gasteiger partial charge < -0.3 is 15.0 Å². The molecule has 0 radical (unpaired) electrons. The molecule has 0 unspecified atom stereocenters. The summed E-state index contributed by atoms with van der Waals surface area (Å²) in [5.74, 6) is -0.307. The third-order valence-electron chi connectivity index (χ3n) is 2.66. The second kappa shape index (κ2) is 10.3. The van der Waals surface area contributed by atoms with Crippen LogP contribution in [0.1, 0.15) is 12.6 Å². The smallest absolute Gasteiger partial charge is 0.249 e. The number of aromatic nitrogens is 1. The van der Waals surface area contributed by atoms with Gasteiger partial charge in [0.2, 0.25) is 5.91 Å². The van der Waals surface area contributed by atoms with Crippen molar-refractivity contribution in [1.29, 1.82) is 0 Å². The van der Waals surface area contributed by atoms with Gasteiger partial charge in [0.05, 0.1) is 6.61 Å². The molecule has 0 aliphatic heterocycles. The minimum atomic E-state index is -0.307. The van der Waals surface area contributed by atoms with E-state index in [1.165, 1.54) is 6.08 Å². The highest BCUT2D eigenvalue weighted by Crippen LogP contribution is 2.15. The Balaban J connectivity index is 2.64. The Bertz CT molecular complexity index is 628.